The zero-order chi connectivity index (χ0) is 27.9. The molecular formula is C28H26FN5O4S. The predicted molar refractivity (Wildman–Crippen MR) is 145 cm³/mol. The molecule has 0 aliphatic heterocycles. The van der Waals surface area contributed by atoms with E-state index in [4.69, 9.17) is 16.2 Å². The van der Waals surface area contributed by atoms with Gasteiger partial charge in [0.25, 0.3) is 11.8 Å². The number of carbonyl (C=O) groups is 3. The summed E-state index contributed by atoms with van der Waals surface area (Å²) in [5.41, 5.74) is 13.0. The molecule has 0 fully saturated rings. The number of primary amides is 1. The lowest BCUT2D eigenvalue weighted by molar-refractivity contribution is -0.126. The normalized spacial score (nSPS) is 11.4. The van der Waals surface area contributed by atoms with E-state index < -0.39 is 29.6 Å². The van der Waals surface area contributed by atoms with Gasteiger partial charge in [0, 0.05) is 13.1 Å². The molecule has 4 aromatic rings. The molecular weight excluding hydrogens is 521 g/mol. The van der Waals surface area contributed by atoms with E-state index in [0.717, 1.165) is 22.7 Å². The Hall–Kier alpha value is -4.77. The van der Waals surface area contributed by atoms with Gasteiger partial charge in [0.15, 0.2) is 5.69 Å². The largest absolute Gasteiger partial charge is 0.497 e. The Balaban J connectivity index is 1.74. The van der Waals surface area contributed by atoms with Crippen LogP contribution in [0.5, 0.6) is 5.75 Å². The van der Waals surface area contributed by atoms with Gasteiger partial charge in [0.2, 0.25) is 5.91 Å². The number of nitrogen functional groups attached to an aromatic ring is 1. The summed E-state index contributed by atoms with van der Waals surface area (Å²) in [5.74, 6) is -1.82. The molecule has 1 aromatic heterocycles. The molecule has 3 amide bonds. The van der Waals surface area contributed by atoms with Crippen molar-refractivity contribution < 1.29 is 23.5 Å². The number of methoxy groups -OCH3 is 1. The highest BCUT2D eigenvalue weighted by atomic mass is 32.1. The van der Waals surface area contributed by atoms with E-state index in [2.05, 4.69) is 9.69 Å². The number of amides is 3. The number of ether oxygens (including phenoxy) is 1. The van der Waals surface area contributed by atoms with Crippen molar-refractivity contribution >= 4 is 34.9 Å². The molecule has 9 nitrogen and oxygen atoms in total. The summed E-state index contributed by atoms with van der Waals surface area (Å²) in [4.78, 5) is 40.7. The molecule has 1 atom stereocenters. The van der Waals surface area contributed by atoms with Crippen molar-refractivity contribution in [2.24, 2.45) is 5.73 Å². The molecule has 0 bridgehead atoms. The van der Waals surface area contributed by atoms with Crippen molar-refractivity contribution in [1.29, 1.82) is 0 Å². The first-order valence-electron chi connectivity index (χ1n) is 11.8. The first kappa shape index (κ1) is 27.3. The number of nitrogens with zero attached hydrogens (tertiary/aromatic N) is 2. The number of halogens is 1. The van der Waals surface area contributed by atoms with E-state index in [-0.39, 0.29) is 29.3 Å². The van der Waals surface area contributed by atoms with Crippen LogP contribution in [0.25, 0.3) is 0 Å². The SMILES string of the molecule is COc1ccc(CNC(=O)[C@H](c2ccc(F)cc2)N(Cc2ccccc2)C(=O)c2snc(C(N)=O)c2N)cc1. The topological polar surface area (TPSA) is 141 Å². The fraction of sp³-hybridized carbons (Fsp3) is 0.143. The molecule has 1 heterocycles. The predicted octanol–water partition coefficient (Wildman–Crippen LogP) is 3.67. The van der Waals surface area contributed by atoms with Crippen LogP contribution in [0.1, 0.15) is 42.9 Å². The van der Waals surface area contributed by atoms with Crippen LogP contribution in [-0.4, -0.2) is 34.1 Å². The van der Waals surface area contributed by atoms with Crippen LogP contribution in [0.3, 0.4) is 0 Å². The van der Waals surface area contributed by atoms with Gasteiger partial charge in [-0.3, -0.25) is 14.4 Å². The Kier molecular flexibility index (Phi) is 8.52. The number of hydrogen-bond acceptors (Lipinski definition) is 7. The van der Waals surface area contributed by atoms with Crippen LogP contribution >= 0.6 is 11.5 Å². The lowest BCUT2D eigenvalue weighted by atomic mass is 10.0. The first-order chi connectivity index (χ1) is 18.8. The average molecular weight is 548 g/mol. The smallest absolute Gasteiger partial charge is 0.270 e. The molecule has 200 valence electrons. The van der Waals surface area contributed by atoms with E-state index in [1.54, 1.807) is 31.4 Å². The van der Waals surface area contributed by atoms with E-state index in [1.165, 1.54) is 29.2 Å². The maximum absolute atomic E-state index is 13.9. The zero-order valence-corrected chi connectivity index (χ0v) is 21.8. The molecule has 0 unspecified atom stereocenters. The molecule has 5 N–H and O–H groups in total. The highest BCUT2D eigenvalue weighted by Gasteiger charge is 2.35. The Morgan fingerprint density at radius 2 is 1.67 bits per heavy atom. The lowest BCUT2D eigenvalue weighted by Crippen LogP contribution is -2.43. The number of anilines is 1. The summed E-state index contributed by atoms with van der Waals surface area (Å²) in [6.07, 6.45) is 0. The Labute approximate surface area is 228 Å². The van der Waals surface area contributed by atoms with Gasteiger partial charge in [0.1, 0.15) is 22.5 Å². The zero-order valence-electron chi connectivity index (χ0n) is 21.0. The minimum absolute atomic E-state index is 0.0148. The summed E-state index contributed by atoms with van der Waals surface area (Å²) in [7, 11) is 1.56. The molecule has 0 aliphatic carbocycles. The van der Waals surface area contributed by atoms with Crippen LogP contribution in [0.4, 0.5) is 10.1 Å². The monoisotopic (exact) mass is 547 g/mol. The molecule has 39 heavy (non-hydrogen) atoms. The van der Waals surface area contributed by atoms with Gasteiger partial charge in [-0.2, -0.15) is 4.37 Å². The fourth-order valence-electron chi connectivity index (χ4n) is 3.97. The molecule has 0 saturated carbocycles. The third-order valence-corrected chi connectivity index (χ3v) is 6.83. The highest BCUT2D eigenvalue weighted by Crippen LogP contribution is 2.30. The number of nitrogens with one attached hydrogen (secondary N) is 1. The van der Waals surface area contributed by atoms with Crippen molar-refractivity contribution in [2.45, 2.75) is 19.1 Å². The van der Waals surface area contributed by atoms with Gasteiger partial charge >= 0.3 is 0 Å². The molecule has 0 spiro atoms. The Morgan fingerprint density at radius 1 is 1.00 bits per heavy atom. The van der Waals surface area contributed by atoms with Gasteiger partial charge in [-0.25, -0.2) is 4.39 Å². The van der Waals surface area contributed by atoms with E-state index in [9.17, 15) is 18.8 Å². The van der Waals surface area contributed by atoms with Crippen molar-refractivity contribution in [3.63, 3.8) is 0 Å². The van der Waals surface area contributed by atoms with Gasteiger partial charge < -0.3 is 26.4 Å². The van der Waals surface area contributed by atoms with Crippen LogP contribution < -0.4 is 21.5 Å². The first-order valence-corrected chi connectivity index (χ1v) is 12.6. The van der Waals surface area contributed by atoms with E-state index >= 15 is 0 Å². The second-order valence-electron chi connectivity index (χ2n) is 8.58. The maximum atomic E-state index is 13.9. The minimum atomic E-state index is -1.17. The number of hydrogen-bond donors (Lipinski definition) is 3. The summed E-state index contributed by atoms with van der Waals surface area (Å²) in [6, 6.07) is 20.4. The van der Waals surface area contributed by atoms with Gasteiger partial charge in [-0.1, -0.05) is 54.6 Å². The van der Waals surface area contributed by atoms with Crippen LogP contribution in [0.15, 0.2) is 78.9 Å². The van der Waals surface area contributed by atoms with Crippen molar-refractivity contribution in [2.75, 3.05) is 12.8 Å². The summed E-state index contributed by atoms with van der Waals surface area (Å²) in [5, 5.41) is 2.88. The molecule has 0 radical (unpaired) electrons. The third kappa shape index (κ3) is 6.39. The van der Waals surface area contributed by atoms with Crippen LogP contribution in [-0.2, 0) is 17.9 Å². The quantitative estimate of drug-likeness (QED) is 0.277. The molecule has 3 aromatic carbocycles. The molecule has 0 aliphatic rings. The summed E-state index contributed by atoms with van der Waals surface area (Å²) in [6.45, 7) is 0.184. The van der Waals surface area contributed by atoms with Gasteiger partial charge in [0.05, 0.1) is 12.8 Å². The minimum Gasteiger partial charge on any atom is -0.497 e. The number of aromatic nitrogens is 1. The lowest BCUT2D eigenvalue weighted by Gasteiger charge is -2.31. The van der Waals surface area contributed by atoms with E-state index in [1.807, 2.05) is 30.3 Å². The van der Waals surface area contributed by atoms with Crippen molar-refractivity contribution in [3.05, 3.63) is 112 Å². The fourth-order valence-corrected chi connectivity index (χ4v) is 4.73. The molecule has 4 rings (SSSR count). The second-order valence-corrected chi connectivity index (χ2v) is 9.35. The van der Waals surface area contributed by atoms with Gasteiger partial charge in [-0.15, -0.1) is 0 Å². The molecule has 11 heteroatoms. The maximum Gasteiger partial charge on any atom is 0.270 e. The highest BCUT2D eigenvalue weighted by molar-refractivity contribution is 7.09. The number of benzene rings is 3. The van der Waals surface area contributed by atoms with Crippen LogP contribution in [0, 0.1) is 5.82 Å². The van der Waals surface area contributed by atoms with Crippen molar-refractivity contribution in [1.82, 2.24) is 14.6 Å². The second kappa shape index (κ2) is 12.2. The third-order valence-electron chi connectivity index (χ3n) is 5.98. The number of nitrogens with two attached hydrogens (primary N) is 2. The summed E-state index contributed by atoms with van der Waals surface area (Å²) >= 11 is 0.721. The van der Waals surface area contributed by atoms with Crippen LogP contribution in [0.2, 0.25) is 0 Å². The summed E-state index contributed by atoms with van der Waals surface area (Å²) < 4.78 is 22.9. The molecule has 0 saturated heterocycles. The average Bonchev–Trinajstić information content (AvgIpc) is 3.34. The number of carbonyl (C=O) groups excluding carboxylic acids is 3. The standard InChI is InChI=1S/C28H26FN5O4S/c1-38-21-13-7-17(8-14-21)15-32-27(36)24(19-9-11-20(29)12-10-19)34(16-18-5-3-2-4-6-18)28(37)25-22(30)23(26(31)35)33-39-25/h2-14,24H,15-16,30H2,1H3,(H2,31,35)(H,32,36)/t24-/m0/s1. The Bertz CT molecular complexity index is 1460. The van der Waals surface area contributed by atoms with E-state index in [0.29, 0.717) is 11.3 Å². The Morgan fingerprint density at radius 3 is 2.26 bits per heavy atom. The van der Waals surface area contributed by atoms with Gasteiger partial charge in [-0.05, 0) is 52.5 Å². The van der Waals surface area contributed by atoms with Crippen molar-refractivity contribution in [3.8, 4) is 5.75 Å². The number of rotatable bonds is 10.